The molecule has 2 N–H and O–H groups in total. The van der Waals surface area contributed by atoms with Crippen molar-refractivity contribution in [2.24, 2.45) is 0 Å². The second kappa shape index (κ2) is 3.34. The first-order valence-electron chi connectivity index (χ1n) is 4.90. The Hall–Kier alpha value is -2.36. The molecule has 0 aliphatic rings. The standard InChI is InChI=1S/C12H9N3O/c13-12-7-11(16-15-12)9-3-4-10-8(6-9)2-1-5-14-10/h1-7H,(H2,13,15). The zero-order valence-corrected chi connectivity index (χ0v) is 8.42. The molecule has 0 bridgehead atoms. The molecule has 0 amide bonds. The van der Waals surface area contributed by atoms with E-state index in [9.17, 15) is 0 Å². The van der Waals surface area contributed by atoms with Gasteiger partial charge in [-0.1, -0.05) is 11.2 Å². The Labute approximate surface area is 91.7 Å². The molecule has 0 fully saturated rings. The van der Waals surface area contributed by atoms with Crippen LogP contribution >= 0.6 is 0 Å². The van der Waals surface area contributed by atoms with Crippen LogP contribution in [-0.4, -0.2) is 10.1 Å². The molecule has 0 aliphatic carbocycles. The molecule has 0 radical (unpaired) electrons. The van der Waals surface area contributed by atoms with Crippen molar-refractivity contribution < 1.29 is 4.52 Å². The van der Waals surface area contributed by atoms with Gasteiger partial charge < -0.3 is 10.3 Å². The average Bonchev–Trinajstić information content (AvgIpc) is 2.75. The van der Waals surface area contributed by atoms with E-state index in [1.807, 2.05) is 30.3 Å². The summed E-state index contributed by atoms with van der Waals surface area (Å²) in [5.74, 6) is 1.06. The third kappa shape index (κ3) is 1.40. The summed E-state index contributed by atoms with van der Waals surface area (Å²) in [5, 5.41) is 4.73. The molecule has 78 valence electrons. The summed E-state index contributed by atoms with van der Waals surface area (Å²) in [4.78, 5) is 4.25. The molecule has 4 heteroatoms. The first-order chi connectivity index (χ1) is 7.83. The maximum atomic E-state index is 5.51. The fraction of sp³-hybridized carbons (Fsp3) is 0. The summed E-state index contributed by atoms with van der Waals surface area (Å²) < 4.78 is 5.10. The normalized spacial score (nSPS) is 10.8. The molecule has 0 spiro atoms. The van der Waals surface area contributed by atoms with Crippen molar-refractivity contribution in [3.05, 3.63) is 42.6 Å². The topological polar surface area (TPSA) is 64.9 Å². The van der Waals surface area contributed by atoms with Crippen LogP contribution < -0.4 is 5.73 Å². The number of benzene rings is 1. The number of nitrogen functional groups attached to an aromatic ring is 1. The maximum absolute atomic E-state index is 5.51. The van der Waals surface area contributed by atoms with E-state index in [1.54, 1.807) is 12.3 Å². The van der Waals surface area contributed by atoms with Crippen molar-refractivity contribution in [1.82, 2.24) is 10.1 Å². The summed E-state index contributed by atoms with van der Waals surface area (Å²) in [6.07, 6.45) is 1.77. The van der Waals surface area contributed by atoms with E-state index in [0.717, 1.165) is 16.5 Å². The summed E-state index contributed by atoms with van der Waals surface area (Å²) in [7, 11) is 0. The highest BCUT2D eigenvalue weighted by Gasteiger charge is 2.05. The molecular formula is C12H9N3O. The van der Waals surface area contributed by atoms with Crippen LogP contribution in [0.25, 0.3) is 22.2 Å². The Morgan fingerprint density at radius 2 is 2.06 bits per heavy atom. The lowest BCUT2D eigenvalue weighted by Crippen LogP contribution is -1.80. The molecular weight excluding hydrogens is 202 g/mol. The number of nitrogens with two attached hydrogens (primary N) is 1. The summed E-state index contributed by atoms with van der Waals surface area (Å²) in [6.45, 7) is 0. The number of nitrogens with zero attached hydrogens (tertiary/aromatic N) is 2. The quantitative estimate of drug-likeness (QED) is 0.671. The van der Waals surface area contributed by atoms with Gasteiger partial charge in [0, 0.05) is 23.2 Å². The van der Waals surface area contributed by atoms with Crippen LogP contribution in [0.2, 0.25) is 0 Å². The number of fused-ring (bicyclic) bond motifs is 1. The minimum atomic E-state index is 0.390. The molecule has 0 unspecified atom stereocenters. The zero-order valence-electron chi connectivity index (χ0n) is 8.42. The van der Waals surface area contributed by atoms with E-state index in [1.165, 1.54) is 0 Å². The maximum Gasteiger partial charge on any atom is 0.169 e. The zero-order chi connectivity index (χ0) is 11.0. The fourth-order valence-corrected chi connectivity index (χ4v) is 1.65. The molecule has 4 nitrogen and oxygen atoms in total. The van der Waals surface area contributed by atoms with E-state index in [2.05, 4.69) is 10.1 Å². The van der Waals surface area contributed by atoms with Crippen molar-refractivity contribution in [2.75, 3.05) is 5.73 Å². The average molecular weight is 211 g/mol. The lowest BCUT2D eigenvalue weighted by molar-refractivity contribution is 0.436. The van der Waals surface area contributed by atoms with Crippen molar-refractivity contribution in [3.8, 4) is 11.3 Å². The molecule has 3 rings (SSSR count). The first-order valence-corrected chi connectivity index (χ1v) is 4.90. The monoisotopic (exact) mass is 211 g/mol. The fourth-order valence-electron chi connectivity index (χ4n) is 1.65. The molecule has 0 atom stereocenters. The van der Waals surface area contributed by atoms with Gasteiger partial charge in [0.2, 0.25) is 0 Å². The summed E-state index contributed by atoms with van der Waals surface area (Å²) in [5.41, 5.74) is 7.42. The molecule has 0 saturated heterocycles. The number of hydrogen-bond acceptors (Lipinski definition) is 4. The van der Waals surface area contributed by atoms with Gasteiger partial charge in [0.25, 0.3) is 0 Å². The van der Waals surface area contributed by atoms with Gasteiger partial charge >= 0.3 is 0 Å². The smallest absolute Gasteiger partial charge is 0.169 e. The van der Waals surface area contributed by atoms with Gasteiger partial charge in [-0.05, 0) is 24.3 Å². The van der Waals surface area contributed by atoms with Crippen molar-refractivity contribution in [3.63, 3.8) is 0 Å². The summed E-state index contributed by atoms with van der Waals surface area (Å²) in [6, 6.07) is 11.5. The third-order valence-electron chi connectivity index (χ3n) is 2.42. The van der Waals surface area contributed by atoms with E-state index < -0.39 is 0 Å². The Morgan fingerprint density at radius 3 is 2.88 bits per heavy atom. The minimum absolute atomic E-state index is 0.390. The summed E-state index contributed by atoms with van der Waals surface area (Å²) >= 11 is 0. The molecule has 2 heterocycles. The Kier molecular flexibility index (Phi) is 1.86. The van der Waals surface area contributed by atoms with Crippen molar-refractivity contribution >= 4 is 16.7 Å². The Balaban J connectivity index is 2.18. The van der Waals surface area contributed by atoms with Crippen molar-refractivity contribution in [2.45, 2.75) is 0 Å². The van der Waals surface area contributed by atoms with E-state index in [-0.39, 0.29) is 0 Å². The van der Waals surface area contributed by atoms with Gasteiger partial charge in [0.05, 0.1) is 5.52 Å². The second-order valence-electron chi connectivity index (χ2n) is 3.53. The Morgan fingerprint density at radius 1 is 1.12 bits per heavy atom. The largest absolute Gasteiger partial charge is 0.381 e. The number of hydrogen-bond donors (Lipinski definition) is 1. The first kappa shape index (κ1) is 8.91. The van der Waals surface area contributed by atoms with E-state index in [4.69, 9.17) is 10.3 Å². The third-order valence-corrected chi connectivity index (χ3v) is 2.42. The van der Waals surface area contributed by atoms with Crippen LogP contribution in [0.3, 0.4) is 0 Å². The molecule has 0 aliphatic heterocycles. The molecule has 16 heavy (non-hydrogen) atoms. The number of aromatic nitrogens is 2. The van der Waals surface area contributed by atoms with Crippen LogP contribution in [0.1, 0.15) is 0 Å². The van der Waals surface area contributed by atoms with Gasteiger partial charge in [-0.25, -0.2) is 0 Å². The Bertz CT molecular complexity index is 645. The highest BCUT2D eigenvalue weighted by atomic mass is 16.5. The molecule has 1 aromatic carbocycles. The predicted molar refractivity (Wildman–Crippen MR) is 61.7 cm³/mol. The van der Waals surface area contributed by atoms with Crippen LogP contribution in [0, 0.1) is 0 Å². The predicted octanol–water partition coefficient (Wildman–Crippen LogP) is 2.47. The SMILES string of the molecule is Nc1cc(-c2ccc3ncccc3c2)on1. The highest BCUT2D eigenvalue weighted by Crippen LogP contribution is 2.24. The van der Waals surface area contributed by atoms with Crippen molar-refractivity contribution in [1.29, 1.82) is 0 Å². The number of pyridine rings is 1. The van der Waals surface area contributed by atoms with Gasteiger partial charge in [-0.2, -0.15) is 0 Å². The van der Waals surface area contributed by atoms with E-state index >= 15 is 0 Å². The van der Waals surface area contributed by atoms with Gasteiger partial charge in [-0.3, -0.25) is 4.98 Å². The van der Waals surface area contributed by atoms with Crippen LogP contribution in [0.4, 0.5) is 5.82 Å². The highest BCUT2D eigenvalue weighted by molar-refractivity contribution is 5.83. The molecule has 0 saturated carbocycles. The van der Waals surface area contributed by atoms with Gasteiger partial charge in [0.1, 0.15) is 0 Å². The molecule has 2 aromatic heterocycles. The molecule has 3 aromatic rings. The lowest BCUT2D eigenvalue weighted by Gasteiger charge is -1.98. The minimum Gasteiger partial charge on any atom is -0.381 e. The van der Waals surface area contributed by atoms with Crippen LogP contribution in [0.5, 0.6) is 0 Å². The van der Waals surface area contributed by atoms with Crippen LogP contribution in [-0.2, 0) is 0 Å². The lowest BCUT2D eigenvalue weighted by atomic mass is 10.1. The van der Waals surface area contributed by atoms with Gasteiger partial charge in [0.15, 0.2) is 11.6 Å². The van der Waals surface area contributed by atoms with Gasteiger partial charge in [-0.15, -0.1) is 0 Å². The second-order valence-corrected chi connectivity index (χ2v) is 3.53. The number of rotatable bonds is 1. The number of anilines is 1. The van der Waals surface area contributed by atoms with E-state index in [0.29, 0.717) is 11.6 Å². The van der Waals surface area contributed by atoms with Crippen LogP contribution in [0.15, 0.2) is 47.1 Å².